The molecule has 2 N–H and O–H groups in total. The lowest BCUT2D eigenvalue weighted by molar-refractivity contribution is 0.0695. The number of hydrogen-bond donors (Lipinski definition) is 2. The summed E-state index contributed by atoms with van der Waals surface area (Å²) in [6.07, 6.45) is 3.00. The molecular formula is C14H18N4O3. The van der Waals surface area contributed by atoms with Gasteiger partial charge in [-0.3, -0.25) is 4.68 Å². The van der Waals surface area contributed by atoms with Crippen molar-refractivity contribution in [2.24, 2.45) is 7.05 Å². The highest BCUT2D eigenvalue weighted by Gasteiger charge is 2.15. The van der Waals surface area contributed by atoms with Crippen LogP contribution in [0.5, 0.6) is 5.88 Å². The lowest BCUT2D eigenvalue weighted by atomic mass is 10.2. The Bertz CT molecular complexity index is 637. The quantitative estimate of drug-likeness (QED) is 0.844. The highest BCUT2D eigenvalue weighted by atomic mass is 16.5. The van der Waals surface area contributed by atoms with Gasteiger partial charge in [0, 0.05) is 13.2 Å². The summed E-state index contributed by atoms with van der Waals surface area (Å²) < 4.78 is 7.15. The number of pyridine rings is 1. The molecule has 7 heteroatoms. The van der Waals surface area contributed by atoms with Gasteiger partial charge in [0.1, 0.15) is 5.56 Å². The molecule has 0 aliphatic heterocycles. The van der Waals surface area contributed by atoms with Crippen LogP contribution in [0, 0.1) is 0 Å². The number of aromatic carboxylic acids is 1. The Morgan fingerprint density at radius 2 is 2.29 bits per heavy atom. The van der Waals surface area contributed by atoms with Crippen LogP contribution in [-0.2, 0) is 13.6 Å². The molecule has 0 fully saturated rings. The second kappa shape index (κ2) is 6.25. The fourth-order valence-corrected chi connectivity index (χ4v) is 1.87. The molecule has 0 atom stereocenters. The van der Waals surface area contributed by atoms with Crippen LogP contribution in [0.15, 0.2) is 24.5 Å². The predicted molar refractivity (Wildman–Crippen MR) is 77.5 cm³/mol. The van der Waals surface area contributed by atoms with Crippen LogP contribution in [0.4, 0.5) is 5.69 Å². The molecule has 112 valence electrons. The van der Waals surface area contributed by atoms with E-state index in [1.807, 2.05) is 19.9 Å². The van der Waals surface area contributed by atoms with Crippen LogP contribution in [-0.4, -0.2) is 31.9 Å². The minimum absolute atomic E-state index is 0.00623. The number of aromatic nitrogens is 3. The van der Waals surface area contributed by atoms with Gasteiger partial charge in [-0.05, 0) is 26.0 Å². The van der Waals surface area contributed by atoms with Crippen molar-refractivity contribution in [1.29, 1.82) is 0 Å². The summed E-state index contributed by atoms with van der Waals surface area (Å²) in [5, 5.41) is 16.2. The lowest BCUT2D eigenvalue weighted by Gasteiger charge is -2.14. The molecule has 0 saturated carbocycles. The fourth-order valence-electron chi connectivity index (χ4n) is 1.87. The molecule has 2 heterocycles. The molecule has 0 bridgehead atoms. The highest BCUT2D eigenvalue weighted by molar-refractivity contribution is 5.88. The van der Waals surface area contributed by atoms with Crippen LogP contribution in [0.25, 0.3) is 0 Å². The van der Waals surface area contributed by atoms with Crippen LogP contribution in [0.2, 0.25) is 0 Å². The standard InChI is InChI=1S/C14H18N4O3/c1-9(2)21-13-11(5-4-6-15-13)16-8-12-10(14(19)20)7-17-18(12)3/h4-7,9,16H,8H2,1-3H3,(H,19,20). The van der Waals surface area contributed by atoms with Gasteiger partial charge >= 0.3 is 5.97 Å². The van der Waals surface area contributed by atoms with Gasteiger partial charge in [-0.25, -0.2) is 9.78 Å². The van der Waals surface area contributed by atoms with E-state index in [9.17, 15) is 4.79 Å². The maximum absolute atomic E-state index is 11.1. The first-order valence-corrected chi connectivity index (χ1v) is 6.58. The van der Waals surface area contributed by atoms with Gasteiger partial charge in [0.05, 0.1) is 30.2 Å². The van der Waals surface area contributed by atoms with Crippen molar-refractivity contribution in [3.05, 3.63) is 35.8 Å². The van der Waals surface area contributed by atoms with Crippen molar-refractivity contribution in [2.75, 3.05) is 5.32 Å². The SMILES string of the molecule is CC(C)Oc1ncccc1NCc1c(C(=O)O)cnn1C. The van der Waals surface area contributed by atoms with Crippen LogP contribution in [0.1, 0.15) is 29.9 Å². The van der Waals surface area contributed by atoms with Crippen LogP contribution >= 0.6 is 0 Å². The number of nitrogens with zero attached hydrogens (tertiary/aromatic N) is 3. The summed E-state index contributed by atoms with van der Waals surface area (Å²) in [6, 6.07) is 3.62. The minimum atomic E-state index is -0.996. The van der Waals surface area contributed by atoms with E-state index < -0.39 is 5.97 Å². The van der Waals surface area contributed by atoms with E-state index in [0.717, 1.165) is 0 Å². The van der Waals surface area contributed by atoms with E-state index in [4.69, 9.17) is 9.84 Å². The molecule has 7 nitrogen and oxygen atoms in total. The number of nitrogens with one attached hydrogen (secondary N) is 1. The molecule has 0 spiro atoms. The zero-order valence-corrected chi connectivity index (χ0v) is 12.2. The number of ether oxygens (including phenoxy) is 1. The summed E-state index contributed by atoms with van der Waals surface area (Å²) >= 11 is 0. The molecule has 0 saturated heterocycles. The van der Waals surface area contributed by atoms with E-state index in [0.29, 0.717) is 23.8 Å². The Hall–Kier alpha value is -2.57. The van der Waals surface area contributed by atoms with E-state index in [-0.39, 0.29) is 11.7 Å². The number of hydrogen-bond acceptors (Lipinski definition) is 5. The van der Waals surface area contributed by atoms with Crippen LogP contribution < -0.4 is 10.1 Å². The third kappa shape index (κ3) is 3.50. The van der Waals surface area contributed by atoms with Crippen molar-refractivity contribution in [3.63, 3.8) is 0 Å². The summed E-state index contributed by atoms with van der Waals surface area (Å²) in [5.41, 5.74) is 1.48. The largest absolute Gasteiger partial charge is 0.478 e. The second-order valence-electron chi connectivity index (χ2n) is 4.81. The van der Waals surface area contributed by atoms with Crippen molar-refractivity contribution in [1.82, 2.24) is 14.8 Å². The summed E-state index contributed by atoms with van der Waals surface area (Å²) in [5.74, 6) is -0.503. The Balaban J connectivity index is 2.17. The van der Waals surface area contributed by atoms with E-state index >= 15 is 0 Å². The number of aryl methyl sites for hydroxylation is 1. The topological polar surface area (TPSA) is 89.3 Å². The van der Waals surface area contributed by atoms with Gasteiger partial charge in [0.15, 0.2) is 0 Å². The van der Waals surface area contributed by atoms with Crippen molar-refractivity contribution >= 4 is 11.7 Å². The molecule has 2 rings (SSSR count). The number of rotatable bonds is 6. The molecule has 0 unspecified atom stereocenters. The van der Waals surface area contributed by atoms with Gasteiger partial charge in [0.25, 0.3) is 0 Å². The van der Waals surface area contributed by atoms with Gasteiger partial charge in [0.2, 0.25) is 5.88 Å². The first kappa shape index (κ1) is 14.8. The molecule has 0 aliphatic carbocycles. The zero-order valence-electron chi connectivity index (χ0n) is 12.2. The average Bonchev–Trinajstić information content (AvgIpc) is 2.78. The summed E-state index contributed by atoms with van der Waals surface area (Å²) in [6.45, 7) is 4.16. The van der Waals surface area contributed by atoms with E-state index in [2.05, 4.69) is 15.4 Å². The number of carbonyl (C=O) groups is 1. The van der Waals surface area contributed by atoms with Gasteiger partial charge < -0.3 is 15.2 Å². The molecule has 21 heavy (non-hydrogen) atoms. The lowest BCUT2D eigenvalue weighted by Crippen LogP contribution is -2.13. The maximum atomic E-state index is 11.1. The Kier molecular flexibility index (Phi) is 4.42. The first-order chi connectivity index (χ1) is 9.99. The highest BCUT2D eigenvalue weighted by Crippen LogP contribution is 2.22. The van der Waals surface area contributed by atoms with Crippen molar-refractivity contribution in [2.45, 2.75) is 26.5 Å². The Morgan fingerprint density at radius 1 is 1.52 bits per heavy atom. The smallest absolute Gasteiger partial charge is 0.339 e. The molecule has 2 aromatic heterocycles. The molecule has 0 amide bonds. The predicted octanol–water partition coefficient (Wildman–Crippen LogP) is 1.91. The number of carboxylic acids is 1. The Labute approximate surface area is 122 Å². The van der Waals surface area contributed by atoms with Crippen molar-refractivity contribution < 1.29 is 14.6 Å². The fraction of sp³-hybridized carbons (Fsp3) is 0.357. The molecule has 0 radical (unpaired) electrons. The minimum Gasteiger partial charge on any atom is -0.478 e. The zero-order chi connectivity index (χ0) is 15.4. The van der Waals surface area contributed by atoms with Crippen LogP contribution in [0.3, 0.4) is 0 Å². The average molecular weight is 290 g/mol. The summed E-state index contributed by atoms with van der Waals surface area (Å²) in [4.78, 5) is 15.3. The second-order valence-corrected chi connectivity index (χ2v) is 4.81. The normalized spacial score (nSPS) is 10.7. The third-order valence-corrected chi connectivity index (χ3v) is 2.86. The maximum Gasteiger partial charge on any atom is 0.339 e. The van der Waals surface area contributed by atoms with E-state index in [1.54, 1.807) is 19.3 Å². The number of anilines is 1. The van der Waals surface area contributed by atoms with Crippen molar-refractivity contribution in [3.8, 4) is 5.88 Å². The summed E-state index contributed by atoms with van der Waals surface area (Å²) in [7, 11) is 1.71. The number of carboxylic acid groups (broad SMARTS) is 1. The molecule has 2 aromatic rings. The monoisotopic (exact) mass is 290 g/mol. The third-order valence-electron chi connectivity index (χ3n) is 2.86. The van der Waals surface area contributed by atoms with Gasteiger partial charge in [-0.1, -0.05) is 0 Å². The first-order valence-electron chi connectivity index (χ1n) is 6.58. The van der Waals surface area contributed by atoms with Gasteiger partial charge in [-0.2, -0.15) is 5.10 Å². The Morgan fingerprint density at radius 3 is 2.95 bits per heavy atom. The molecule has 0 aliphatic rings. The van der Waals surface area contributed by atoms with Gasteiger partial charge in [-0.15, -0.1) is 0 Å². The molecule has 0 aromatic carbocycles. The van der Waals surface area contributed by atoms with E-state index in [1.165, 1.54) is 10.9 Å². The molecular weight excluding hydrogens is 272 g/mol.